The molecule has 0 fully saturated rings. The van der Waals surface area contributed by atoms with E-state index >= 15 is 0 Å². The molecular weight excluding hydrogens is 350 g/mol. The molecule has 1 aromatic heterocycles. The van der Waals surface area contributed by atoms with E-state index in [-0.39, 0.29) is 31.8 Å². The van der Waals surface area contributed by atoms with Crippen LogP contribution in [0, 0.1) is 11.3 Å². The molecular formula is C17H14ClNO4S. The van der Waals surface area contributed by atoms with E-state index in [1.54, 1.807) is 36.4 Å². The van der Waals surface area contributed by atoms with Crippen molar-refractivity contribution in [2.75, 3.05) is 13.2 Å². The van der Waals surface area contributed by atoms with Crippen LogP contribution >= 0.6 is 22.9 Å². The van der Waals surface area contributed by atoms with Gasteiger partial charge in [0.2, 0.25) is 0 Å². The molecule has 0 radical (unpaired) electrons. The van der Waals surface area contributed by atoms with Gasteiger partial charge in [-0.2, -0.15) is 5.26 Å². The van der Waals surface area contributed by atoms with E-state index in [2.05, 4.69) is 0 Å². The van der Waals surface area contributed by atoms with Crippen LogP contribution in [0.5, 0.6) is 5.75 Å². The van der Waals surface area contributed by atoms with E-state index in [0.717, 1.165) is 0 Å². The first-order valence-electron chi connectivity index (χ1n) is 7.15. The van der Waals surface area contributed by atoms with Crippen molar-refractivity contribution < 1.29 is 19.1 Å². The number of nitriles is 1. The summed E-state index contributed by atoms with van der Waals surface area (Å²) >= 11 is 6.96. The first-order valence-corrected chi connectivity index (χ1v) is 8.35. The van der Waals surface area contributed by atoms with E-state index in [9.17, 15) is 9.59 Å². The molecule has 1 heterocycles. The Morgan fingerprint density at radius 1 is 1.08 bits per heavy atom. The normalized spacial score (nSPS) is 10.0. The number of rotatable bonds is 8. The smallest absolute Gasteiger partial charge is 0.306 e. The quantitative estimate of drug-likeness (QED) is 0.404. The van der Waals surface area contributed by atoms with E-state index in [1.165, 1.54) is 11.3 Å². The Bertz CT molecular complexity index is 749. The fourth-order valence-corrected chi connectivity index (χ4v) is 2.83. The zero-order valence-corrected chi connectivity index (χ0v) is 14.2. The molecule has 0 atom stereocenters. The van der Waals surface area contributed by atoms with Crippen LogP contribution in [-0.2, 0) is 9.53 Å². The topological polar surface area (TPSA) is 76.4 Å². The highest BCUT2D eigenvalue weighted by atomic mass is 35.5. The summed E-state index contributed by atoms with van der Waals surface area (Å²) in [6.45, 7) is 0.296. The number of benzene rings is 1. The Balaban J connectivity index is 1.62. The molecule has 0 saturated carbocycles. The molecule has 1 aromatic carbocycles. The first-order chi connectivity index (χ1) is 11.6. The Kier molecular flexibility index (Phi) is 6.79. The van der Waals surface area contributed by atoms with Gasteiger partial charge in [0.25, 0.3) is 0 Å². The van der Waals surface area contributed by atoms with E-state index in [4.69, 9.17) is 26.3 Å². The number of ether oxygens (including phenoxy) is 2. The summed E-state index contributed by atoms with van der Waals surface area (Å²) < 4.78 is 10.9. The first kappa shape index (κ1) is 18.0. The average molecular weight is 364 g/mol. The molecule has 7 heteroatoms. The highest BCUT2D eigenvalue weighted by Gasteiger charge is 2.12. The summed E-state index contributed by atoms with van der Waals surface area (Å²) in [7, 11) is 0. The largest absolute Gasteiger partial charge is 0.490 e. The van der Waals surface area contributed by atoms with Crippen molar-refractivity contribution in [1.29, 1.82) is 5.26 Å². The maximum absolute atomic E-state index is 11.8. The molecule has 0 N–H and O–H groups in total. The second kappa shape index (κ2) is 9.06. The van der Waals surface area contributed by atoms with Crippen molar-refractivity contribution in [2.45, 2.75) is 12.8 Å². The minimum Gasteiger partial charge on any atom is -0.490 e. The molecule has 24 heavy (non-hydrogen) atoms. The Morgan fingerprint density at radius 3 is 2.46 bits per heavy atom. The summed E-state index contributed by atoms with van der Waals surface area (Å²) in [6, 6.07) is 11.9. The maximum atomic E-state index is 11.8. The van der Waals surface area contributed by atoms with Gasteiger partial charge in [-0.05, 0) is 36.4 Å². The van der Waals surface area contributed by atoms with Gasteiger partial charge in [-0.3, -0.25) is 9.59 Å². The summed E-state index contributed by atoms with van der Waals surface area (Å²) in [5.74, 6) is 0.0157. The minimum absolute atomic E-state index is 0.0191. The number of ketones is 1. The second-order valence-electron chi connectivity index (χ2n) is 4.73. The fourth-order valence-electron chi connectivity index (χ4n) is 1.82. The molecule has 5 nitrogen and oxygen atoms in total. The third-order valence-corrected chi connectivity index (χ3v) is 4.27. The van der Waals surface area contributed by atoms with Crippen LogP contribution in [0.1, 0.15) is 28.1 Å². The molecule has 0 unspecified atom stereocenters. The maximum Gasteiger partial charge on any atom is 0.306 e. The predicted molar refractivity (Wildman–Crippen MR) is 90.5 cm³/mol. The van der Waals surface area contributed by atoms with E-state index < -0.39 is 5.97 Å². The molecule has 0 amide bonds. The lowest BCUT2D eigenvalue weighted by molar-refractivity contribution is -0.144. The number of carbonyl (C=O) groups excluding carboxylic acids is 2. The van der Waals surface area contributed by atoms with Gasteiger partial charge >= 0.3 is 5.97 Å². The number of nitrogens with zero attached hydrogens (tertiary/aromatic N) is 1. The molecule has 0 saturated heterocycles. The highest BCUT2D eigenvalue weighted by molar-refractivity contribution is 7.18. The minimum atomic E-state index is -0.450. The van der Waals surface area contributed by atoms with Crippen LogP contribution < -0.4 is 4.74 Å². The zero-order chi connectivity index (χ0) is 17.4. The number of Topliss-reactive ketones (excluding diaryl/α,β-unsaturated/α-hetero) is 1. The van der Waals surface area contributed by atoms with Crippen LogP contribution in [0.15, 0.2) is 36.4 Å². The van der Waals surface area contributed by atoms with Crippen molar-refractivity contribution in [3.05, 3.63) is 51.2 Å². The number of esters is 1. The zero-order valence-electron chi connectivity index (χ0n) is 12.7. The predicted octanol–water partition coefficient (Wildman–Crippen LogP) is 3.86. The molecule has 124 valence electrons. The van der Waals surface area contributed by atoms with Crippen LogP contribution in [0.25, 0.3) is 0 Å². The van der Waals surface area contributed by atoms with Gasteiger partial charge in [0, 0.05) is 6.42 Å². The number of thiophene rings is 1. The number of hydrogen-bond acceptors (Lipinski definition) is 6. The Morgan fingerprint density at radius 2 is 1.83 bits per heavy atom. The molecule has 0 bridgehead atoms. The monoisotopic (exact) mass is 363 g/mol. The lowest BCUT2D eigenvalue weighted by Crippen LogP contribution is -2.13. The second-order valence-corrected chi connectivity index (χ2v) is 6.45. The highest BCUT2D eigenvalue weighted by Crippen LogP contribution is 2.22. The number of carbonyl (C=O) groups is 2. The molecule has 0 aliphatic rings. The summed E-state index contributed by atoms with van der Waals surface area (Å²) in [6.07, 6.45) is 0.109. The number of hydrogen-bond donors (Lipinski definition) is 0. The number of halogens is 1. The van der Waals surface area contributed by atoms with Crippen LogP contribution in [0.4, 0.5) is 0 Å². The van der Waals surface area contributed by atoms with E-state index in [0.29, 0.717) is 20.5 Å². The Labute approximate surface area is 148 Å². The molecule has 2 rings (SSSR count). The van der Waals surface area contributed by atoms with E-state index in [1.807, 2.05) is 6.07 Å². The third kappa shape index (κ3) is 5.69. The standard InChI is InChI=1S/C17H14ClNO4S/c18-16-7-6-15(24-16)14(20)5-8-17(21)23-10-9-22-13-3-1-12(11-19)2-4-13/h1-4,6-7H,5,8-10H2. The molecule has 0 spiro atoms. The lowest BCUT2D eigenvalue weighted by Gasteiger charge is -2.07. The summed E-state index contributed by atoms with van der Waals surface area (Å²) in [5, 5.41) is 8.69. The fraction of sp³-hybridized carbons (Fsp3) is 0.235. The van der Waals surface area contributed by atoms with Gasteiger partial charge in [-0.15, -0.1) is 11.3 Å². The molecule has 0 aliphatic carbocycles. The van der Waals surface area contributed by atoms with Crippen molar-refractivity contribution in [2.24, 2.45) is 0 Å². The SMILES string of the molecule is N#Cc1ccc(OCCOC(=O)CCC(=O)c2ccc(Cl)s2)cc1. The summed E-state index contributed by atoms with van der Waals surface area (Å²) in [4.78, 5) is 24.0. The summed E-state index contributed by atoms with van der Waals surface area (Å²) in [5.41, 5.74) is 0.547. The average Bonchev–Trinajstić information content (AvgIpc) is 3.03. The van der Waals surface area contributed by atoms with Crippen molar-refractivity contribution in [1.82, 2.24) is 0 Å². The Hall–Kier alpha value is -2.36. The van der Waals surface area contributed by atoms with Gasteiger partial charge in [-0.1, -0.05) is 11.6 Å². The third-order valence-electron chi connectivity index (χ3n) is 3.00. The molecule has 0 aliphatic heterocycles. The van der Waals surface area contributed by atoms with Crippen molar-refractivity contribution >= 4 is 34.7 Å². The van der Waals surface area contributed by atoms with Crippen molar-refractivity contribution in [3.63, 3.8) is 0 Å². The van der Waals surface area contributed by atoms with Gasteiger partial charge in [0.15, 0.2) is 5.78 Å². The van der Waals surface area contributed by atoms with Crippen molar-refractivity contribution in [3.8, 4) is 11.8 Å². The van der Waals surface area contributed by atoms with Gasteiger partial charge in [-0.25, -0.2) is 0 Å². The molecule has 2 aromatic rings. The van der Waals surface area contributed by atoms with Crippen LogP contribution in [0.3, 0.4) is 0 Å². The van der Waals surface area contributed by atoms with Gasteiger partial charge in [0.1, 0.15) is 19.0 Å². The van der Waals surface area contributed by atoms with Crippen LogP contribution in [-0.4, -0.2) is 25.0 Å². The lowest BCUT2D eigenvalue weighted by atomic mass is 10.2. The van der Waals surface area contributed by atoms with Gasteiger partial charge < -0.3 is 9.47 Å². The van der Waals surface area contributed by atoms with Crippen LogP contribution in [0.2, 0.25) is 4.34 Å². The van der Waals surface area contributed by atoms with Gasteiger partial charge in [0.05, 0.1) is 27.3 Å².